The largest absolute Gasteiger partial charge is 0.497 e. The van der Waals surface area contributed by atoms with Crippen molar-refractivity contribution < 1.29 is 55.8 Å². The molecule has 4 saturated heterocycles. The molecular formula is C57H78N8O12S. The number of ether oxygens (including phenoxy) is 4. The van der Waals surface area contributed by atoms with Crippen LogP contribution in [0.1, 0.15) is 99.8 Å². The molecule has 0 aliphatic carbocycles. The summed E-state index contributed by atoms with van der Waals surface area (Å²) in [6.07, 6.45) is 3.96. The summed E-state index contributed by atoms with van der Waals surface area (Å²) in [4.78, 5) is 58.8. The smallest absolute Gasteiger partial charge is 0.264 e. The summed E-state index contributed by atoms with van der Waals surface area (Å²) in [6.45, 7) is 11.4. The van der Waals surface area contributed by atoms with Gasteiger partial charge in [-0.25, -0.2) is 0 Å². The molecule has 4 aliphatic rings. The zero-order chi connectivity index (χ0) is 57.1. The number of benzene rings is 4. The van der Waals surface area contributed by atoms with Crippen LogP contribution in [0.4, 0.5) is 0 Å². The standard InChI is InChI=1S/C15H21NO5S.C14H18N4O2.C14H20N2O2.C14H19NO3/c1-11(12-4-6-14(20-2)7-5-12)16-9-8-13(15(16)17)10-21-22(3,18)19;1-10(11-3-5-13(20-2)6-4-11)18-8-7-12(14(18)19)9-16-17-15;1-10(11-3-5-13(18-2)6-4-11)16-8-7-12(9-15)14(16)17;1-10(11-3-5-13(18-2)6-4-11)15-8-7-12(9-16)14(15)17/h4-7,11,13H,8-10H2,1-3H3;3-6,10,12H,7-9H2,1-2H3;3-6,10,12H,7-9,15H2,1-2H3;3-6,10,12,16H,7-9H2,1-2H3/t11?,13-;3*10?,12-/m0000/s1. The number of methoxy groups -OCH3 is 4. The third kappa shape index (κ3) is 16.6. The molecule has 3 N–H and O–H groups in total. The summed E-state index contributed by atoms with van der Waals surface area (Å²) >= 11 is 0. The zero-order valence-electron chi connectivity index (χ0n) is 46.4. The van der Waals surface area contributed by atoms with Gasteiger partial charge in [-0.1, -0.05) is 53.6 Å². The fraction of sp³-hybridized carbons (Fsp3) is 0.509. The van der Waals surface area contributed by atoms with E-state index in [-0.39, 0.29) is 85.3 Å². The molecule has 424 valence electrons. The lowest BCUT2D eigenvalue weighted by atomic mass is 10.1. The molecule has 20 nitrogen and oxygen atoms in total. The van der Waals surface area contributed by atoms with Crippen molar-refractivity contribution in [2.75, 3.05) is 87.2 Å². The molecule has 78 heavy (non-hydrogen) atoms. The summed E-state index contributed by atoms with van der Waals surface area (Å²) in [5.74, 6) is 2.68. The summed E-state index contributed by atoms with van der Waals surface area (Å²) in [6, 6.07) is 31.0. The van der Waals surface area contributed by atoms with E-state index in [1.54, 1.807) is 33.3 Å². The van der Waals surface area contributed by atoms with Crippen molar-refractivity contribution in [1.29, 1.82) is 0 Å². The number of aliphatic hydroxyl groups excluding tert-OH is 1. The number of carbonyl (C=O) groups excluding carboxylic acids is 4. The second-order valence-electron chi connectivity index (χ2n) is 19.7. The van der Waals surface area contributed by atoms with Crippen molar-refractivity contribution in [2.24, 2.45) is 34.5 Å². The number of likely N-dealkylation sites (tertiary alicyclic amines) is 4. The van der Waals surface area contributed by atoms with Crippen molar-refractivity contribution in [1.82, 2.24) is 19.6 Å². The van der Waals surface area contributed by atoms with Crippen LogP contribution in [0.2, 0.25) is 0 Å². The van der Waals surface area contributed by atoms with Crippen molar-refractivity contribution in [3.63, 3.8) is 0 Å². The molecule has 21 heteroatoms. The Labute approximate surface area is 459 Å². The van der Waals surface area contributed by atoms with Gasteiger partial charge in [-0.2, -0.15) is 8.42 Å². The van der Waals surface area contributed by atoms with Crippen LogP contribution >= 0.6 is 0 Å². The van der Waals surface area contributed by atoms with Gasteiger partial charge < -0.3 is 49.4 Å². The Hall–Kier alpha value is -6.90. The normalized spacial score (nSPS) is 20.5. The molecule has 0 spiro atoms. The van der Waals surface area contributed by atoms with Crippen LogP contribution in [0.5, 0.6) is 23.0 Å². The van der Waals surface area contributed by atoms with Gasteiger partial charge in [-0.15, -0.1) is 0 Å². The number of nitrogens with zero attached hydrogens (tertiary/aromatic N) is 7. The van der Waals surface area contributed by atoms with E-state index in [9.17, 15) is 27.6 Å². The number of hydrogen-bond donors (Lipinski definition) is 2. The summed E-state index contributed by atoms with van der Waals surface area (Å²) in [5.41, 5.74) is 18.2. The lowest BCUT2D eigenvalue weighted by molar-refractivity contribution is -0.134. The summed E-state index contributed by atoms with van der Waals surface area (Å²) in [7, 11) is 3.00. The number of aliphatic hydroxyl groups is 1. The van der Waals surface area contributed by atoms with Crippen molar-refractivity contribution in [3.8, 4) is 23.0 Å². The number of carbonyl (C=O) groups is 4. The van der Waals surface area contributed by atoms with E-state index in [1.807, 2.05) is 133 Å². The average molecular weight is 1100 g/mol. The molecule has 4 fully saturated rings. The number of hydrogen-bond acceptors (Lipinski definition) is 14. The molecule has 0 bridgehead atoms. The lowest BCUT2D eigenvalue weighted by Crippen LogP contribution is -2.32. The average Bonchev–Trinajstić information content (AvgIpc) is 4.26. The van der Waals surface area contributed by atoms with Gasteiger partial charge >= 0.3 is 0 Å². The van der Waals surface area contributed by atoms with Crippen LogP contribution in [0.3, 0.4) is 0 Å². The summed E-state index contributed by atoms with van der Waals surface area (Å²) in [5, 5.41) is 12.6. The highest BCUT2D eigenvalue weighted by atomic mass is 32.2. The van der Waals surface area contributed by atoms with Crippen LogP contribution in [0.25, 0.3) is 10.4 Å². The minimum Gasteiger partial charge on any atom is -0.497 e. The van der Waals surface area contributed by atoms with Crippen molar-refractivity contribution in [2.45, 2.75) is 77.5 Å². The minimum absolute atomic E-state index is 0.00528. The van der Waals surface area contributed by atoms with E-state index in [4.69, 9.17) is 39.5 Å². The van der Waals surface area contributed by atoms with Gasteiger partial charge in [0.05, 0.1) is 89.8 Å². The Morgan fingerprint density at radius 1 is 0.538 bits per heavy atom. The van der Waals surface area contributed by atoms with Gasteiger partial charge in [0.25, 0.3) is 10.1 Å². The van der Waals surface area contributed by atoms with E-state index < -0.39 is 16.0 Å². The second-order valence-corrected chi connectivity index (χ2v) is 21.3. The topological polar surface area (TPSA) is 257 Å². The molecular weight excluding hydrogens is 1020 g/mol. The molecule has 8 rings (SSSR count). The van der Waals surface area contributed by atoms with Gasteiger partial charge in [0.2, 0.25) is 23.6 Å². The van der Waals surface area contributed by atoms with E-state index in [2.05, 4.69) is 16.9 Å². The lowest BCUT2D eigenvalue weighted by Gasteiger charge is -2.25. The SMILES string of the molecule is COc1ccc(C(C)N2CC[C@@H](CN)C2=O)cc1.COc1ccc(C(C)N2CC[C@@H](CN=[N+]=[N-])C2=O)cc1.COc1ccc(C(C)N2CC[C@@H](CO)C2=O)cc1.COc1ccc(C(C)N2CC[C@@H](COS(C)(=O)=O)C2=O)cc1. The predicted octanol–water partition coefficient (Wildman–Crippen LogP) is 7.66. The fourth-order valence-electron chi connectivity index (χ4n) is 9.89. The molecule has 4 aliphatic heterocycles. The van der Waals surface area contributed by atoms with Crippen LogP contribution < -0.4 is 24.7 Å². The number of azide groups is 1. The number of rotatable bonds is 19. The zero-order valence-corrected chi connectivity index (χ0v) is 47.2. The third-order valence-electron chi connectivity index (χ3n) is 15.0. The molecule has 0 saturated carbocycles. The first kappa shape index (κ1) is 61.9. The molecule has 4 aromatic carbocycles. The highest BCUT2D eigenvalue weighted by Gasteiger charge is 2.38. The van der Waals surface area contributed by atoms with E-state index >= 15 is 0 Å². The second kappa shape index (κ2) is 29.7. The number of nitrogens with two attached hydrogens (primary N) is 1. The Balaban J connectivity index is 0.000000192. The van der Waals surface area contributed by atoms with Gasteiger partial charge in [0.15, 0.2) is 0 Å². The van der Waals surface area contributed by atoms with Crippen molar-refractivity contribution >= 4 is 33.7 Å². The van der Waals surface area contributed by atoms with E-state index in [0.29, 0.717) is 26.1 Å². The minimum atomic E-state index is -3.52. The van der Waals surface area contributed by atoms with Gasteiger partial charge in [-0.05, 0) is 130 Å². The predicted molar refractivity (Wildman–Crippen MR) is 296 cm³/mol. The first-order valence-electron chi connectivity index (χ1n) is 26.3. The highest BCUT2D eigenvalue weighted by Crippen LogP contribution is 2.33. The quantitative estimate of drug-likeness (QED) is 0.0396. The molecule has 4 aromatic rings. The Morgan fingerprint density at radius 3 is 1.09 bits per heavy atom. The maximum atomic E-state index is 12.4. The van der Waals surface area contributed by atoms with Crippen molar-refractivity contribution in [3.05, 3.63) is 130 Å². The Bertz CT molecular complexity index is 2650. The number of amides is 4. The monoisotopic (exact) mass is 1100 g/mol. The van der Waals surface area contributed by atoms with Crippen LogP contribution in [-0.4, -0.2) is 144 Å². The Morgan fingerprint density at radius 2 is 0.821 bits per heavy atom. The van der Waals surface area contributed by atoms with E-state index in [0.717, 1.165) is 83.9 Å². The molecule has 8 atom stereocenters. The molecule has 4 amide bonds. The highest BCUT2D eigenvalue weighted by molar-refractivity contribution is 7.86. The first-order chi connectivity index (χ1) is 37.3. The van der Waals surface area contributed by atoms with Gasteiger partial charge in [0.1, 0.15) is 23.0 Å². The Kier molecular flexibility index (Phi) is 23.6. The summed E-state index contributed by atoms with van der Waals surface area (Å²) < 4.78 is 47.3. The first-order valence-corrected chi connectivity index (χ1v) is 28.1. The van der Waals surface area contributed by atoms with Crippen LogP contribution in [0.15, 0.2) is 102 Å². The van der Waals surface area contributed by atoms with Gasteiger partial charge in [-0.3, -0.25) is 23.4 Å². The molecule has 0 aromatic heterocycles. The molecule has 4 heterocycles. The molecule has 4 unspecified atom stereocenters. The maximum absolute atomic E-state index is 12.4. The maximum Gasteiger partial charge on any atom is 0.264 e. The van der Waals surface area contributed by atoms with E-state index in [1.165, 1.54) is 0 Å². The molecule has 0 radical (unpaired) electrons. The van der Waals surface area contributed by atoms with Crippen LogP contribution in [0, 0.1) is 23.7 Å². The third-order valence-corrected chi connectivity index (χ3v) is 15.6. The fourth-order valence-corrected chi connectivity index (χ4v) is 10.3. The van der Waals surface area contributed by atoms with Gasteiger partial charge in [0, 0.05) is 50.1 Å². The van der Waals surface area contributed by atoms with Crippen LogP contribution in [-0.2, 0) is 33.5 Å².